The van der Waals surface area contributed by atoms with Gasteiger partial charge in [0.2, 0.25) is 0 Å². The highest BCUT2D eigenvalue weighted by Crippen LogP contribution is 2.32. The van der Waals surface area contributed by atoms with E-state index in [4.69, 9.17) is 4.74 Å². The summed E-state index contributed by atoms with van der Waals surface area (Å²) >= 11 is 0. The topological polar surface area (TPSA) is 51.2 Å². The zero-order valence-corrected chi connectivity index (χ0v) is 15.0. The van der Waals surface area contributed by atoms with Crippen LogP contribution < -0.4 is 5.32 Å². The van der Waals surface area contributed by atoms with Crippen LogP contribution in [0.1, 0.15) is 45.0 Å². The van der Waals surface area contributed by atoms with E-state index in [9.17, 15) is 18.0 Å². The predicted molar refractivity (Wildman–Crippen MR) is 92.5 cm³/mol. The smallest absolute Gasteiger partial charge is 0.416 e. The summed E-state index contributed by atoms with van der Waals surface area (Å²) in [5.74, 6) is 0. The van der Waals surface area contributed by atoms with Crippen LogP contribution in [0.25, 0.3) is 11.1 Å². The Morgan fingerprint density at radius 1 is 1.12 bits per heavy atom. The van der Waals surface area contributed by atoms with Gasteiger partial charge in [0.25, 0.3) is 0 Å². The van der Waals surface area contributed by atoms with Crippen molar-refractivity contribution < 1.29 is 22.7 Å². The first-order valence-electron chi connectivity index (χ1n) is 8.09. The molecule has 1 aromatic carbocycles. The van der Waals surface area contributed by atoms with Crippen molar-refractivity contribution in [3.63, 3.8) is 0 Å². The first-order chi connectivity index (χ1) is 12.0. The van der Waals surface area contributed by atoms with Gasteiger partial charge in [-0.2, -0.15) is 13.2 Å². The summed E-state index contributed by atoms with van der Waals surface area (Å²) in [4.78, 5) is 16.0. The van der Waals surface area contributed by atoms with E-state index < -0.39 is 29.5 Å². The number of alkyl halides is 3. The molecule has 2 aromatic rings. The van der Waals surface area contributed by atoms with Crippen molar-refractivity contribution in [2.24, 2.45) is 0 Å². The summed E-state index contributed by atoms with van der Waals surface area (Å²) < 4.78 is 43.7. The van der Waals surface area contributed by atoms with E-state index in [2.05, 4.69) is 10.3 Å². The maximum Gasteiger partial charge on any atom is 0.416 e. The van der Waals surface area contributed by atoms with Crippen molar-refractivity contribution in [3.05, 3.63) is 53.9 Å². The fourth-order valence-corrected chi connectivity index (χ4v) is 2.27. The third-order valence-electron chi connectivity index (χ3n) is 3.49. The number of pyridine rings is 1. The van der Waals surface area contributed by atoms with Gasteiger partial charge in [0.1, 0.15) is 5.60 Å². The Balaban J connectivity index is 2.12. The van der Waals surface area contributed by atoms with Gasteiger partial charge in [-0.3, -0.25) is 4.98 Å². The van der Waals surface area contributed by atoms with Crippen molar-refractivity contribution >= 4 is 6.09 Å². The number of hydrogen-bond donors (Lipinski definition) is 1. The molecule has 0 bridgehead atoms. The lowest BCUT2D eigenvalue weighted by Crippen LogP contribution is -2.34. The molecule has 1 amide bonds. The van der Waals surface area contributed by atoms with Gasteiger partial charge in [0.05, 0.1) is 17.3 Å². The van der Waals surface area contributed by atoms with Crippen LogP contribution in [0.15, 0.2) is 42.6 Å². The van der Waals surface area contributed by atoms with Crippen LogP contribution in [0.4, 0.5) is 18.0 Å². The van der Waals surface area contributed by atoms with Crippen LogP contribution in [-0.4, -0.2) is 16.7 Å². The fraction of sp³-hybridized carbons (Fsp3) is 0.368. The van der Waals surface area contributed by atoms with Crippen LogP contribution in [0.5, 0.6) is 0 Å². The van der Waals surface area contributed by atoms with Crippen LogP contribution in [0, 0.1) is 0 Å². The van der Waals surface area contributed by atoms with Crippen molar-refractivity contribution in [2.45, 2.75) is 45.5 Å². The predicted octanol–water partition coefficient (Wildman–Crippen LogP) is 5.35. The molecule has 1 aromatic heterocycles. The largest absolute Gasteiger partial charge is 0.444 e. The first kappa shape index (κ1) is 19.8. The van der Waals surface area contributed by atoms with E-state index >= 15 is 0 Å². The zero-order chi connectivity index (χ0) is 19.5. The van der Waals surface area contributed by atoms with Gasteiger partial charge < -0.3 is 10.1 Å². The normalized spacial score (nSPS) is 13.2. The van der Waals surface area contributed by atoms with Crippen LogP contribution >= 0.6 is 0 Å². The zero-order valence-electron chi connectivity index (χ0n) is 15.0. The molecule has 0 aliphatic rings. The third kappa shape index (κ3) is 5.47. The molecule has 0 aliphatic heterocycles. The van der Waals surface area contributed by atoms with Crippen molar-refractivity contribution in [1.29, 1.82) is 0 Å². The standard InChI is InChI=1S/C19H21F3N2O2/c1-12(24-17(25)26-18(2,3)4)16-9-8-14(11-23-16)13-6-5-7-15(10-13)19(20,21)22/h5-12H,1-4H3,(H,24,25)/t12-/m0/s1. The van der Waals surface area contributed by atoms with Crippen molar-refractivity contribution in [2.75, 3.05) is 0 Å². The van der Waals surface area contributed by atoms with E-state index in [1.54, 1.807) is 45.9 Å². The molecule has 0 saturated heterocycles. The van der Waals surface area contributed by atoms with Gasteiger partial charge in [-0.15, -0.1) is 0 Å². The SMILES string of the molecule is C[C@H](NC(=O)OC(C)(C)C)c1ccc(-c2cccc(C(F)(F)F)c2)cn1. The summed E-state index contributed by atoms with van der Waals surface area (Å²) in [5.41, 5.74) is 0.242. The van der Waals surface area contributed by atoms with Crippen molar-refractivity contribution in [3.8, 4) is 11.1 Å². The van der Waals surface area contributed by atoms with Crippen LogP contribution in [0.3, 0.4) is 0 Å². The lowest BCUT2D eigenvalue weighted by Gasteiger charge is -2.21. The molecule has 7 heteroatoms. The number of nitrogens with zero attached hydrogens (tertiary/aromatic N) is 1. The van der Waals surface area contributed by atoms with E-state index in [-0.39, 0.29) is 0 Å². The molecule has 0 radical (unpaired) electrons. The van der Waals surface area contributed by atoms with E-state index in [1.165, 1.54) is 12.3 Å². The first-order valence-corrected chi connectivity index (χ1v) is 8.09. The van der Waals surface area contributed by atoms with E-state index in [0.717, 1.165) is 12.1 Å². The molecule has 1 heterocycles. The second-order valence-corrected chi connectivity index (χ2v) is 6.92. The number of nitrogens with one attached hydrogen (secondary N) is 1. The van der Waals surface area contributed by atoms with E-state index in [1.807, 2.05) is 0 Å². The molecule has 0 saturated carbocycles. The minimum Gasteiger partial charge on any atom is -0.444 e. The van der Waals surface area contributed by atoms with Gasteiger partial charge in [-0.25, -0.2) is 4.79 Å². The monoisotopic (exact) mass is 366 g/mol. The molecule has 0 unspecified atom stereocenters. The maximum atomic E-state index is 12.8. The minimum atomic E-state index is -4.39. The Bertz CT molecular complexity index is 766. The number of aromatic nitrogens is 1. The molecule has 2 rings (SSSR count). The number of benzene rings is 1. The van der Waals surface area contributed by atoms with Gasteiger partial charge in [-0.1, -0.05) is 18.2 Å². The number of hydrogen-bond acceptors (Lipinski definition) is 3. The molecular weight excluding hydrogens is 345 g/mol. The number of amides is 1. The average molecular weight is 366 g/mol. The average Bonchev–Trinajstić information content (AvgIpc) is 2.52. The highest BCUT2D eigenvalue weighted by molar-refractivity contribution is 5.68. The number of halogens is 3. The van der Waals surface area contributed by atoms with Crippen LogP contribution in [0.2, 0.25) is 0 Å². The summed E-state index contributed by atoms with van der Waals surface area (Å²) in [6.45, 7) is 7.04. The number of ether oxygens (including phenoxy) is 1. The van der Waals surface area contributed by atoms with Crippen molar-refractivity contribution in [1.82, 2.24) is 10.3 Å². The highest BCUT2D eigenvalue weighted by atomic mass is 19.4. The summed E-state index contributed by atoms with van der Waals surface area (Å²) in [6, 6.07) is 7.99. The summed E-state index contributed by atoms with van der Waals surface area (Å²) in [7, 11) is 0. The second kappa shape index (κ2) is 7.35. The van der Waals surface area contributed by atoms with Gasteiger partial charge in [0.15, 0.2) is 0 Å². The van der Waals surface area contributed by atoms with Crippen LogP contribution in [-0.2, 0) is 10.9 Å². The Morgan fingerprint density at radius 3 is 2.35 bits per heavy atom. The number of alkyl carbamates (subject to hydrolysis) is 1. The summed E-state index contributed by atoms with van der Waals surface area (Å²) in [5, 5.41) is 2.67. The number of carbonyl (C=O) groups excluding carboxylic acids is 1. The molecule has 1 atom stereocenters. The lowest BCUT2D eigenvalue weighted by atomic mass is 10.0. The fourth-order valence-electron chi connectivity index (χ4n) is 2.27. The molecule has 0 fully saturated rings. The number of rotatable bonds is 3. The molecule has 4 nitrogen and oxygen atoms in total. The Labute approximate surface area is 150 Å². The summed E-state index contributed by atoms with van der Waals surface area (Å²) in [6.07, 6.45) is -3.47. The second-order valence-electron chi connectivity index (χ2n) is 6.92. The Morgan fingerprint density at radius 2 is 1.81 bits per heavy atom. The molecule has 0 aliphatic carbocycles. The molecule has 1 N–H and O–H groups in total. The molecule has 140 valence electrons. The molecule has 26 heavy (non-hydrogen) atoms. The minimum absolute atomic E-state index is 0.402. The third-order valence-corrected chi connectivity index (χ3v) is 3.49. The van der Waals surface area contributed by atoms with Gasteiger partial charge in [-0.05, 0) is 51.5 Å². The molecular formula is C19H21F3N2O2. The lowest BCUT2D eigenvalue weighted by molar-refractivity contribution is -0.137. The maximum absolute atomic E-state index is 12.8. The number of carbonyl (C=O) groups is 1. The Hall–Kier alpha value is -2.57. The van der Waals surface area contributed by atoms with Gasteiger partial charge in [0, 0.05) is 11.8 Å². The highest BCUT2D eigenvalue weighted by Gasteiger charge is 2.30. The van der Waals surface area contributed by atoms with E-state index in [0.29, 0.717) is 16.8 Å². The Kier molecular flexibility index (Phi) is 5.59. The quantitative estimate of drug-likeness (QED) is 0.796. The molecule has 0 spiro atoms. The van der Waals surface area contributed by atoms with Gasteiger partial charge >= 0.3 is 12.3 Å².